The first kappa shape index (κ1) is 16.2. The van der Waals surface area contributed by atoms with Gasteiger partial charge < -0.3 is 0 Å². The van der Waals surface area contributed by atoms with Crippen LogP contribution in [0.2, 0.25) is 0 Å². The molecule has 3 aromatic rings. The van der Waals surface area contributed by atoms with Crippen molar-refractivity contribution in [2.75, 3.05) is 0 Å². The summed E-state index contributed by atoms with van der Waals surface area (Å²) < 4.78 is 80.6. The Morgan fingerprint density at radius 2 is 1.58 bits per heavy atom. The zero-order valence-corrected chi connectivity index (χ0v) is 11.7. The van der Waals surface area contributed by atoms with Crippen LogP contribution in [-0.2, 0) is 12.1 Å². The quantitative estimate of drug-likeness (QED) is 0.651. The van der Waals surface area contributed by atoms with Crippen LogP contribution < -0.4 is 0 Å². The maximum atomic E-state index is 14.4. The highest BCUT2D eigenvalue weighted by Gasteiger charge is 2.40. The number of alkyl halides is 5. The maximum Gasteiger partial charge on any atom is 0.418 e. The van der Waals surface area contributed by atoms with E-state index in [1.54, 1.807) is 0 Å². The molecular formula is C15H7F6N3. The molecule has 0 atom stereocenters. The standard InChI is InChI=1S/C15H7F6N3/c16-9-4-5-11(22-7-9)14(17,18)13-23-6-8-2-1-3-10(12(8)24-13)15(19,20)21/h1-7H. The minimum absolute atomic E-state index is 0.0311. The van der Waals surface area contributed by atoms with Crippen molar-refractivity contribution >= 4 is 10.9 Å². The van der Waals surface area contributed by atoms with Crippen LogP contribution in [0.25, 0.3) is 10.9 Å². The summed E-state index contributed by atoms with van der Waals surface area (Å²) in [7, 11) is 0. The number of pyridine rings is 1. The smallest absolute Gasteiger partial charge is 0.251 e. The van der Waals surface area contributed by atoms with Crippen molar-refractivity contribution in [3.8, 4) is 0 Å². The first-order chi connectivity index (χ1) is 11.2. The van der Waals surface area contributed by atoms with E-state index >= 15 is 0 Å². The Hall–Kier alpha value is -2.71. The lowest BCUT2D eigenvalue weighted by Gasteiger charge is -2.16. The molecule has 3 nitrogen and oxygen atoms in total. The predicted octanol–water partition coefficient (Wildman–Crippen LogP) is 4.32. The van der Waals surface area contributed by atoms with Crippen LogP contribution >= 0.6 is 0 Å². The number of para-hydroxylation sites is 1. The molecule has 2 heterocycles. The number of halogens is 6. The van der Waals surface area contributed by atoms with Gasteiger partial charge in [-0.15, -0.1) is 0 Å². The van der Waals surface area contributed by atoms with Gasteiger partial charge in [-0.1, -0.05) is 12.1 Å². The minimum Gasteiger partial charge on any atom is -0.251 e. The summed E-state index contributed by atoms with van der Waals surface area (Å²) in [6, 6.07) is 4.64. The first-order valence-corrected chi connectivity index (χ1v) is 6.53. The lowest BCUT2D eigenvalue weighted by atomic mass is 10.1. The Morgan fingerprint density at radius 1 is 0.833 bits per heavy atom. The van der Waals surface area contributed by atoms with Crippen LogP contribution in [0.15, 0.2) is 42.7 Å². The Bertz CT molecular complexity index is 890. The SMILES string of the molecule is Fc1ccc(C(F)(F)c2ncc3cccc(C(F)(F)F)c3n2)nc1. The molecule has 0 radical (unpaired) electrons. The Labute approximate surface area is 131 Å². The van der Waals surface area contributed by atoms with E-state index in [-0.39, 0.29) is 5.39 Å². The number of benzene rings is 1. The Morgan fingerprint density at radius 3 is 2.21 bits per heavy atom. The van der Waals surface area contributed by atoms with Gasteiger partial charge in [0.25, 0.3) is 0 Å². The highest BCUT2D eigenvalue weighted by atomic mass is 19.4. The van der Waals surface area contributed by atoms with E-state index in [0.29, 0.717) is 6.20 Å². The monoisotopic (exact) mass is 343 g/mol. The van der Waals surface area contributed by atoms with Crippen molar-refractivity contribution in [1.29, 1.82) is 0 Å². The van der Waals surface area contributed by atoms with Crippen molar-refractivity contribution in [2.45, 2.75) is 12.1 Å². The summed E-state index contributed by atoms with van der Waals surface area (Å²) in [6.45, 7) is 0. The predicted molar refractivity (Wildman–Crippen MR) is 71.7 cm³/mol. The van der Waals surface area contributed by atoms with E-state index in [1.165, 1.54) is 6.07 Å². The lowest BCUT2D eigenvalue weighted by Crippen LogP contribution is -2.21. The number of aromatic nitrogens is 3. The molecule has 3 rings (SSSR count). The van der Waals surface area contributed by atoms with E-state index < -0.39 is 40.5 Å². The van der Waals surface area contributed by atoms with Crippen LogP contribution in [0.3, 0.4) is 0 Å². The van der Waals surface area contributed by atoms with E-state index in [9.17, 15) is 26.3 Å². The summed E-state index contributed by atoms with van der Waals surface area (Å²) in [6.07, 6.45) is -3.30. The molecule has 0 saturated heterocycles. The fraction of sp³-hybridized carbons (Fsp3) is 0.133. The molecule has 0 unspecified atom stereocenters. The van der Waals surface area contributed by atoms with Crippen LogP contribution in [0.5, 0.6) is 0 Å². The van der Waals surface area contributed by atoms with Gasteiger partial charge in [0.05, 0.1) is 17.3 Å². The van der Waals surface area contributed by atoms with Crippen molar-refractivity contribution in [2.24, 2.45) is 0 Å². The van der Waals surface area contributed by atoms with E-state index in [1.807, 2.05) is 0 Å². The first-order valence-electron chi connectivity index (χ1n) is 6.53. The molecule has 124 valence electrons. The average molecular weight is 343 g/mol. The molecular weight excluding hydrogens is 336 g/mol. The fourth-order valence-corrected chi connectivity index (χ4v) is 2.11. The van der Waals surface area contributed by atoms with Crippen LogP contribution in [-0.4, -0.2) is 15.0 Å². The number of fused-ring (bicyclic) bond motifs is 1. The maximum absolute atomic E-state index is 14.4. The summed E-state index contributed by atoms with van der Waals surface area (Å²) >= 11 is 0. The van der Waals surface area contributed by atoms with Crippen LogP contribution in [0.1, 0.15) is 17.1 Å². The molecule has 0 aliphatic carbocycles. The third-order valence-electron chi connectivity index (χ3n) is 3.25. The van der Waals surface area contributed by atoms with Gasteiger partial charge in [0.1, 0.15) is 11.5 Å². The summed E-state index contributed by atoms with van der Waals surface area (Å²) in [4.78, 5) is 10.1. The normalized spacial score (nSPS) is 12.6. The fourth-order valence-electron chi connectivity index (χ4n) is 2.11. The molecule has 2 aromatic heterocycles. The number of hydrogen-bond donors (Lipinski definition) is 0. The molecule has 0 aliphatic heterocycles. The van der Waals surface area contributed by atoms with Crippen LogP contribution in [0.4, 0.5) is 26.3 Å². The number of nitrogens with zero attached hydrogens (tertiary/aromatic N) is 3. The van der Waals surface area contributed by atoms with Crippen molar-refractivity contribution in [1.82, 2.24) is 15.0 Å². The zero-order valence-electron chi connectivity index (χ0n) is 11.7. The average Bonchev–Trinajstić information content (AvgIpc) is 2.53. The summed E-state index contributed by atoms with van der Waals surface area (Å²) in [5, 5.41) is -0.0311. The van der Waals surface area contributed by atoms with Gasteiger partial charge in [0.2, 0.25) is 5.82 Å². The van der Waals surface area contributed by atoms with Gasteiger partial charge in [0, 0.05) is 11.6 Å². The number of hydrogen-bond acceptors (Lipinski definition) is 3. The van der Waals surface area contributed by atoms with E-state index in [4.69, 9.17) is 0 Å². The van der Waals surface area contributed by atoms with Gasteiger partial charge in [-0.2, -0.15) is 22.0 Å². The third-order valence-corrected chi connectivity index (χ3v) is 3.25. The number of rotatable bonds is 2. The molecule has 0 N–H and O–H groups in total. The highest BCUT2D eigenvalue weighted by Crippen LogP contribution is 2.36. The molecule has 24 heavy (non-hydrogen) atoms. The minimum atomic E-state index is -4.76. The van der Waals surface area contributed by atoms with E-state index in [0.717, 1.165) is 30.5 Å². The zero-order chi connectivity index (χ0) is 17.5. The molecule has 9 heteroatoms. The van der Waals surface area contributed by atoms with Gasteiger partial charge in [0.15, 0.2) is 0 Å². The van der Waals surface area contributed by atoms with Crippen LogP contribution in [0, 0.1) is 5.82 Å². The second-order valence-corrected chi connectivity index (χ2v) is 4.87. The second kappa shape index (κ2) is 5.43. The third kappa shape index (κ3) is 2.77. The molecule has 0 spiro atoms. The Kier molecular flexibility index (Phi) is 3.66. The largest absolute Gasteiger partial charge is 0.418 e. The van der Waals surface area contributed by atoms with Gasteiger partial charge in [-0.05, 0) is 18.2 Å². The molecule has 0 amide bonds. The molecule has 0 fully saturated rings. The molecule has 0 saturated carbocycles. The molecule has 0 aliphatic rings. The van der Waals surface area contributed by atoms with Crippen molar-refractivity contribution in [3.63, 3.8) is 0 Å². The highest BCUT2D eigenvalue weighted by molar-refractivity contribution is 5.81. The molecule has 0 bridgehead atoms. The van der Waals surface area contributed by atoms with Gasteiger partial charge in [-0.25, -0.2) is 14.4 Å². The Balaban J connectivity index is 2.18. The topological polar surface area (TPSA) is 38.7 Å². The molecule has 1 aromatic carbocycles. The summed E-state index contributed by atoms with van der Waals surface area (Å²) in [5.74, 6) is -5.85. The van der Waals surface area contributed by atoms with Crippen molar-refractivity contribution < 1.29 is 26.3 Å². The lowest BCUT2D eigenvalue weighted by molar-refractivity contribution is -0.136. The summed E-state index contributed by atoms with van der Waals surface area (Å²) in [5.41, 5.74) is -2.66. The van der Waals surface area contributed by atoms with Crippen molar-refractivity contribution in [3.05, 3.63) is 65.6 Å². The van der Waals surface area contributed by atoms with Gasteiger partial charge >= 0.3 is 12.1 Å². The van der Waals surface area contributed by atoms with E-state index in [2.05, 4.69) is 15.0 Å². The second-order valence-electron chi connectivity index (χ2n) is 4.87. The van der Waals surface area contributed by atoms with Gasteiger partial charge in [-0.3, -0.25) is 4.98 Å².